The van der Waals surface area contributed by atoms with Crippen molar-refractivity contribution in [2.24, 2.45) is 11.3 Å². The number of aromatic amines is 1. The molecule has 0 unspecified atom stereocenters. The third-order valence-electron chi connectivity index (χ3n) is 15.0. The zero-order chi connectivity index (χ0) is 43.8. The maximum absolute atomic E-state index is 14.0. The minimum absolute atomic E-state index is 0.00227. The standard InChI is InChI=1S/C49H58N8O6S/c58-48(54-64(61,62)39-29-44(57(59)60)47(53-32-39)51-30-33-7-2-1-3-8-33)42-15-14-37(28-45(42)63-38-27-35-18-23-50-46(35)52-31-38)55-25-21-49(22-26-55)19-16-36(17-20-49)56-24-6-11-43(56)41-10-5-4-9-40(41)34-12-13-34/h4-5,9-10,14-15,18,23,27-29,31-34,36,43H,1-3,6-8,11-13,16-17,19-22,24-26,30H2,(H,50,52)(H,51,53)(H,54,58)/t43-/m0/s1. The van der Waals surface area contributed by atoms with E-state index in [4.69, 9.17) is 4.74 Å². The molecule has 64 heavy (non-hydrogen) atoms. The maximum atomic E-state index is 14.0. The van der Waals surface area contributed by atoms with Crippen LogP contribution in [0.3, 0.4) is 0 Å². The fourth-order valence-corrected chi connectivity index (χ4v) is 12.2. The van der Waals surface area contributed by atoms with Gasteiger partial charge in [0.2, 0.25) is 5.82 Å². The van der Waals surface area contributed by atoms with Crippen molar-refractivity contribution in [2.45, 2.75) is 119 Å². The first-order chi connectivity index (χ1) is 31.1. The van der Waals surface area contributed by atoms with E-state index in [1.165, 1.54) is 64.3 Å². The average molecular weight is 887 g/mol. The zero-order valence-electron chi connectivity index (χ0n) is 36.3. The summed E-state index contributed by atoms with van der Waals surface area (Å²) in [7, 11) is -4.58. The van der Waals surface area contributed by atoms with Crippen LogP contribution in [-0.2, 0) is 10.0 Å². The molecule has 0 bridgehead atoms. The van der Waals surface area contributed by atoms with Crippen LogP contribution in [0, 0.1) is 21.4 Å². The molecule has 15 heteroatoms. The summed E-state index contributed by atoms with van der Waals surface area (Å²) in [5.74, 6) is 0.726. The molecule has 3 aromatic heterocycles. The molecule has 5 aromatic rings. The third-order valence-corrected chi connectivity index (χ3v) is 16.3. The molecule has 2 aliphatic heterocycles. The molecular weight excluding hydrogens is 829 g/mol. The number of H-pyrrole nitrogens is 1. The third kappa shape index (κ3) is 8.93. The smallest absolute Gasteiger partial charge is 0.312 e. The summed E-state index contributed by atoms with van der Waals surface area (Å²) in [6.45, 7) is 3.42. The van der Waals surface area contributed by atoms with Gasteiger partial charge in [0.1, 0.15) is 22.0 Å². The Labute approximate surface area is 374 Å². The first-order valence-corrected chi connectivity index (χ1v) is 24.9. The largest absolute Gasteiger partial charge is 0.455 e. The number of likely N-dealkylation sites (tertiary alicyclic amines) is 1. The van der Waals surface area contributed by atoms with Crippen molar-refractivity contribution in [2.75, 3.05) is 36.4 Å². The molecule has 10 rings (SSSR count). The maximum Gasteiger partial charge on any atom is 0.312 e. The summed E-state index contributed by atoms with van der Waals surface area (Å²) in [6, 6.07) is 20.2. The van der Waals surface area contributed by atoms with Crippen LogP contribution < -0.4 is 19.7 Å². The lowest BCUT2D eigenvalue weighted by atomic mass is 9.66. The molecule has 1 amide bonds. The normalized spacial score (nSPS) is 21.0. The molecule has 3 N–H and O–H groups in total. The second-order valence-electron chi connectivity index (χ2n) is 19.0. The number of benzene rings is 2. The first kappa shape index (κ1) is 42.4. The summed E-state index contributed by atoms with van der Waals surface area (Å²) in [5.41, 5.74) is 4.55. The second kappa shape index (κ2) is 17.8. The Hall–Kier alpha value is -5.54. The van der Waals surface area contributed by atoms with Crippen molar-refractivity contribution in [3.63, 3.8) is 0 Å². The Morgan fingerprint density at radius 2 is 1.64 bits per heavy atom. The van der Waals surface area contributed by atoms with Gasteiger partial charge in [0.05, 0.1) is 22.9 Å². The van der Waals surface area contributed by atoms with E-state index in [0.717, 1.165) is 80.9 Å². The lowest BCUT2D eigenvalue weighted by Gasteiger charge is -2.48. The van der Waals surface area contributed by atoms with Crippen LogP contribution in [0.1, 0.15) is 130 Å². The summed E-state index contributed by atoms with van der Waals surface area (Å²) < 4.78 is 35.9. The van der Waals surface area contributed by atoms with Crippen molar-refractivity contribution < 1.29 is 22.9 Å². The van der Waals surface area contributed by atoms with Gasteiger partial charge in [0.15, 0.2) is 0 Å². The SMILES string of the molecule is O=C(NS(=O)(=O)c1cnc(NCC2CCCCC2)c([N+](=O)[O-])c1)c1ccc(N2CCC3(CCC(N4CCC[C@H]4c4ccccc4C4CC4)CC3)CC2)cc1Oc1cnc2[nH]ccc2c1. The molecule has 2 saturated heterocycles. The van der Waals surface area contributed by atoms with Crippen molar-refractivity contribution in [1.29, 1.82) is 0 Å². The molecule has 3 aliphatic carbocycles. The molecule has 5 fully saturated rings. The van der Waals surface area contributed by atoms with E-state index in [0.29, 0.717) is 41.4 Å². The molecule has 336 valence electrons. The summed E-state index contributed by atoms with van der Waals surface area (Å²) >= 11 is 0. The number of hydrogen-bond acceptors (Lipinski definition) is 11. The summed E-state index contributed by atoms with van der Waals surface area (Å²) in [5, 5.41) is 16.0. The minimum Gasteiger partial charge on any atom is -0.455 e. The lowest BCUT2D eigenvalue weighted by Crippen LogP contribution is -2.45. The highest BCUT2D eigenvalue weighted by molar-refractivity contribution is 7.90. The number of carbonyl (C=O) groups is 1. The number of anilines is 2. The van der Waals surface area contributed by atoms with E-state index in [2.05, 4.69) is 59.1 Å². The molecule has 2 aromatic carbocycles. The number of amides is 1. The molecule has 5 aliphatic rings. The number of hydrogen-bond donors (Lipinski definition) is 3. The molecular formula is C49H58N8O6S. The number of pyridine rings is 2. The quantitative estimate of drug-likeness (QED) is 0.0758. The van der Waals surface area contributed by atoms with Gasteiger partial charge in [0.25, 0.3) is 15.9 Å². The Morgan fingerprint density at radius 3 is 2.41 bits per heavy atom. The number of nitrogens with zero attached hydrogens (tertiary/aromatic N) is 5. The Balaban J connectivity index is 0.831. The van der Waals surface area contributed by atoms with Gasteiger partial charge in [-0.1, -0.05) is 43.5 Å². The highest BCUT2D eigenvalue weighted by atomic mass is 32.2. The predicted octanol–water partition coefficient (Wildman–Crippen LogP) is 10.0. The van der Waals surface area contributed by atoms with Gasteiger partial charge in [-0.2, -0.15) is 0 Å². The number of ether oxygens (including phenoxy) is 1. The van der Waals surface area contributed by atoms with E-state index in [-0.39, 0.29) is 17.1 Å². The Kier molecular flexibility index (Phi) is 11.8. The van der Waals surface area contributed by atoms with E-state index in [1.54, 1.807) is 41.7 Å². The Morgan fingerprint density at radius 1 is 0.859 bits per heavy atom. The van der Waals surface area contributed by atoms with Gasteiger partial charge in [0, 0.05) is 61.1 Å². The van der Waals surface area contributed by atoms with Gasteiger partial charge in [-0.05, 0) is 136 Å². The molecule has 1 spiro atoms. The van der Waals surface area contributed by atoms with Crippen molar-refractivity contribution in [3.8, 4) is 11.5 Å². The average Bonchev–Trinajstić information content (AvgIpc) is 3.85. The van der Waals surface area contributed by atoms with E-state index in [9.17, 15) is 23.3 Å². The van der Waals surface area contributed by atoms with Crippen LogP contribution in [0.2, 0.25) is 0 Å². The highest BCUT2D eigenvalue weighted by Crippen LogP contribution is 2.50. The monoisotopic (exact) mass is 886 g/mol. The van der Waals surface area contributed by atoms with Gasteiger partial charge in [-0.15, -0.1) is 0 Å². The molecule has 14 nitrogen and oxygen atoms in total. The topological polar surface area (TPSA) is 176 Å². The van der Waals surface area contributed by atoms with E-state index >= 15 is 0 Å². The number of aromatic nitrogens is 3. The van der Waals surface area contributed by atoms with Gasteiger partial charge >= 0.3 is 5.69 Å². The number of sulfonamides is 1. The van der Waals surface area contributed by atoms with Crippen LogP contribution in [-0.4, -0.2) is 71.3 Å². The summed E-state index contributed by atoms with van der Waals surface area (Å²) in [6.07, 6.45) is 22.1. The molecule has 1 atom stereocenters. The Bertz CT molecular complexity index is 2620. The fraction of sp³-hybridized carbons (Fsp3) is 0.490. The minimum atomic E-state index is -4.58. The lowest BCUT2D eigenvalue weighted by molar-refractivity contribution is -0.384. The number of fused-ring (bicyclic) bond motifs is 1. The van der Waals surface area contributed by atoms with E-state index in [1.807, 2.05) is 12.1 Å². The van der Waals surface area contributed by atoms with Crippen LogP contribution >= 0.6 is 0 Å². The van der Waals surface area contributed by atoms with Crippen LogP contribution in [0.15, 0.2) is 84.1 Å². The molecule has 3 saturated carbocycles. The number of nitrogens with one attached hydrogen (secondary N) is 3. The van der Waals surface area contributed by atoms with Crippen LogP contribution in [0.5, 0.6) is 11.5 Å². The number of piperidine rings is 1. The number of carbonyl (C=O) groups excluding carboxylic acids is 1. The predicted molar refractivity (Wildman–Crippen MR) is 246 cm³/mol. The number of rotatable bonds is 13. The van der Waals surface area contributed by atoms with Crippen molar-refractivity contribution in [1.82, 2.24) is 24.6 Å². The van der Waals surface area contributed by atoms with Gasteiger partial charge in [-0.3, -0.25) is 19.8 Å². The van der Waals surface area contributed by atoms with Gasteiger partial charge < -0.3 is 19.9 Å². The number of nitro groups is 1. The molecule has 5 heterocycles. The van der Waals surface area contributed by atoms with E-state index < -0.39 is 31.4 Å². The van der Waals surface area contributed by atoms with Crippen molar-refractivity contribution in [3.05, 3.63) is 106 Å². The summed E-state index contributed by atoms with van der Waals surface area (Å²) in [4.78, 5) is 41.7. The van der Waals surface area contributed by atoms with Crippen LogP contribution in [0.4, 0.5) is 17.2 Å². The van der Waals surface area contributed by atoms with Crippen molar-refractivity contribution >= 4 is 44.2 Å². The highest BCUT2D eigenvalue weighted by Gasteiger charge is 2.42. The fourth-order valence-electron chi connectivity index (χ4n) is 11.2. The molecule has 0 radical (unpaired) electrons. The van der Waals surface area contributed by atoms with Crippen LogP contribution in [0.25, 0.3) is 11.0 Å². The first-order valence-electron chi connectivity index (χ1n) is 23.4. The second-order valence-corrected chi connectivity index (χ2v) is 20.7. The van der Waals surface area contributed by atoms with Gasteiger partial charge in [-0.25, -0.2) is 23.1 Å². The zero-order valence-corrected chi connectivity index (χ0v) is 37.2.